The Morgan fingerprint density at radius 1 is 1.47 bits per heavy atom. The Bertz CT molecular complexity index is 317. The number of nitrogens with one attached hydrogen (secondary N) is 2. The molecule has 0 spiro atoms. The highest BCUT2D eigenvalue weighted by Crippen LogP contribution is 2.36. The predicted octanol–water partition coefficient (Wildman–Crippen LogP) is 2.21. The molecule has 2 amide bonds. The third kappa shape index (κ3) is 6.18. The van der Waals surface area contributed by atoms with Crippen molar-refractivity contribution in [1.82, 2.24) is 10.6 Å². The van der Waals surface area contributed by atoms with E-state index in [1.807, 2.05) is 18.7 Å². The van der Waals surface area contributed by atoms with E-state index < -0.39 is 5.97 Å². The molecule has 19 heavy (non-hydrogen) atoms. The molecule has 0 aromatic heterocycles. The summed E-state index contributed by atoms with van der Waals surface area (Å²) in [6.45, 7) is 4.77. The van der Waals surface area contributed by atoms with E-state index in [-0.39, 0.29) is 23.2 Å². The van der Waals surface area contributed by atoms with Gasteiger partial charge in [0.2, 0.25) is 0 Å². The first-order valence-electron chi connectivity index (χ1n) is 6.85. The van der Waals surface area contributed by atoms with Crippen LogP contribution in [0, 0.1) is 0 Å². The van der Waals surface area contributed by atoms with E-state index in [1.165, 1.54) is 6.42 Å². The van der Waals surface area contributed by atoms with E-state index in [0.29, 0.717) is 13.0 Å². The molecule has 6 heteroatoms. The summed E-state index contributed by atoms with van der Waals surface area (Å²) < 4.78 is 0.129. The molecule has 1 rings (SSSR count). The van der Waals surface area contributed by atoms with E-state index in [9.17, 15) is 9.59 Å². The maximum atomic E-state index is 11.8. The second-order valence-electron chi connectivity index (χ2n) is 5.31. The summed E-state index contributed by atoms with van der Waals surface area (Å²) in [6, 6.07) is -0.542. The molecule has 3 N–H and O–H groups in total. The highest BCUT2D eigenvalue weighted by molar-refractivity contribution is 8.00. The molecule has 110 valence electrons. The van der Waals surface area contributed by atoms with Crippen LogP contribution in [0.4, 0.5) is 4.79 Å². The van der Waals surface area contributed by atoms with Crippen molar-refractivity contribution >= 4 is 23.8 Å². The van der Waals surface area contributed by atoms with Crippen molar-refractivity contribution in [3.63, 3.8) is 0 Å². The van der Waals surface area contributed by atoms with Gasteiger partial charge >= 0.3 is 12.0 Å². The van der Waals surface area contributed by atoms with Crippen LogP contribution < -0.4 is 10.6 Å². The van der Waals surface area contributed by atoms with Crippen LogP contribution >= 0.6 is 11.8 Å². The minimum Gasteiger partial charge on any atom is -0.481 e. The van der Waals surface area contributed by atoms with Gasteiger partial charge in [0.15, 0.2) is 0 Å². The van der Waals surface area contributed by atoms with Crippen molar-refractivity contribution in [2.45, 2.75) is 56.7 Å². The van der Waals surface area contributed by atoms with Gasteiger partial charge in [-0.15, -0.1) is 0 Å². The molecule has 2 unspecified atom stereocenters. The molecule has 1 saturated heterocycles. The molecule has 1 aliphatic heterocycles. The molecule has 5 nitrogen and oxygen atoms in total. The largest absolute Gasteiger partial charge is 0.481 e. The fourth-order valence-corrected chi connectivity index (χ4v) is 3.51. The molecule has 0 aromatic carbocycles. The maximum absolute atomic E-state index is 11.8. The summed E-state index contributed by atoms with van der Waals surface area (Å²) in [5.41, 5.74) is 0. The van der Waals surface area contributed by atoms with E-state index >= 15 is 0 Å². The van der Waals surface area contributed by atoms with Gasteiger partial charge in [-0.2, -0.15) is 11.8 Å². The number of rotatable bonds is 7. The normalized spacial score (nSPS) is 23.9. The van der Waals surface area contributed by atoms with E-state index in [2.05, 4.69) is 17.6 Å². The third-order valence-electron chi connectivity index (χ3n) is 3.32. The van der Waals surface area contributed by atoms with Crippen LogP contribution in [0.2, 0.25) is 0 Å². The lowest BCUT2D eigenvalue weighted by molar-refractivity contribution is -0.137. The summed E-state index contributed by atoms with van der Waals surface area (Å²) >= 11 is 1.89. The average Bonchev–Trinajstić information content (AvgIpc) is 2.74. The lowest BCUT2D eigenvalue weighted by Crippen LogP contribution is -2.46. The lowest BCUT2D eigenvalue weighted by atomic mass is 10.1. The Morgan fingerprint density at radius 3 is 2.74 bits per heavy atom. The Balaban J connectivity index is 2.33. The Kier molecular flexibility index (Phi) is 6.48. The fraction of sp³-hybridized carbons (Fsp3) is 0.846. The number of carbonyl (C=O) groups excluding carboxylic acids is 1. The minimum absolute atomic E-state index is 0.0206. The number of urea groups is 1. The van der Waals surface area contributed by atoms with Crippen molar-refractivity contribution in [2.75, 3.05) is 12.3 Å². The Hall–Kier alpha value is -0.910. The molecule has 2 atom stereocenters. The van der Waals surface area contributed by atoms with Gasteiger partial charge in [-0.1, -0.05) is 13.3 Å². The fourth-order valence-electron chi connectivity index (χ4n) is 2.26. The zero-order valence-corrected chi connectivity index (χ0v) is 12.5. The second kappa shape index (κ2) is 7.62. The predicted molar refractivity (Wildman–Crippen MR) is 77.6 cm³/mol. The number of carbonyl (C=O) groups is 2. The average molecular weight is 288 g/mol. The standard InChI is InChI=1S/C13H24N2O3S/c1-3-5-10(8-11(16)17)15-12(18)14-9-13(2)6-4-7-19-13/h10H,3-9H2,1-2H3,(H,16,17)(H2,14,15,18). The minimum atomic E-state index is -0.878. The van der Waals surface area contributed by atoms with Crippen LogP contribution in [-0.4, -0.2) is 40.2 Å². The van der Waals surface area contributed by atoms with Crippen molar-refractivity contribution in [2.24, 2.45) is 0 Å². The SMILES string of the molecule is CCCC(CC(=O)O)NC(=O)NCC1(C)CCCS1. The first-order valence-corrected chi connectivity index (χ1v) is 7.84. The van der Waals surface area contributed by atoms with Gasteiger partial charge in [0.25, 0.3) is 0 Å². The van der Waals surface area contributed by atoms with Crippen molar-refractivity contribution in [3.8, 4) is 0 Å². The van der Waals surface area contributed by atoms with Gasteiger partial charge < -0.3 is 15.7 Å². The van der Waals surface area contributed by atoms with Crippen LogP contribution in [0.25, 0.3) is 0 Å². The van der Waals surface area contributed by atoms with Crippen LogP contribution in [0.15, 0.2) is 0 Å². The molecular formula is C13H24N2O3S. The van der Waals surface area contributed by atoms with Gasteiger partial charge in [-0.05, 0) is 31.9 Å². The number of hydrogen-bond acceptors (Lipinski definition) is 3. The van der Waals surface area contributed by atoms with E-state index in [1.54, 1.807) is 0 Å². The molecule has 1 heterocycles. The first kappa shape index (κ1) is 16.1. The topological polar surface area (TPSA) is 78.4 Å². The summed E-state index contributed by atoms with van der Waals surface area (Å²) in [5, 5.41) is 14.4. The van der Waals surface area contributed by atoms with Crippen molar-refractivity contribution < 1.29 is 14.7 Å². The zero-order valence-electron chi connectivity index (χ0n) is 11.7. The van der Waals surface area contributed by atoms with Gasteiger partial charge in [0.05, 0.1) is 6.42 Å². The van der Waals surface area contributed by atoms with E-state index in [0.717, 1.165) is 18.6 Å². The molecule has 1 aliphatic rings. The lowest BCUT2D eigenvalue weighted by Gasteiger charge is -2.24. The molecule has 0 bridgehead atoms. The van der Waals surface area contributed by atoms with Gasteiger partial charge in [0, 0.05) is 17.3 Å². The molecule has 0 radical (unpaired) electrons. The monoisotopic (exact) mass is 288 g/mol. The van der Waals surface area contributed by atoms with Crippen LogP contribution in [0.1, 0.15) is 46.0 Å². The second-order valence-corrected chi connectivity index (χ2v) is 6.99. The van der Waals surface area contributed by atoms with Gasteiger partial charge in [-0.3, -0.25) is 4.79 Å². The van der Waals surface area contributed by atoms with Gasteiger partial charge in [0.1, 0.15) is 0 Å². The van der Waals surface area contributed by atoms with Crippen molar-refractivity contribution in [1.29, 1.82) is 0 Å². The van der Waals surface area contributed by atoms with Crippen LogP contribution in [0.3, 0.4) is 0 Å². The van der Waals surface area contributed by atoms with Crippen LogP contribution in [0.5, 0.6) is 0 Å². The number of hydrogen-bond donors (Lipinski definition) is 3. The third-order valence-corrected chi connectivity index (χ3v) is 4.85. The number of carboxylic acid groups (broad SMARTS) is 1. The summed E-state index contributed by atoms with van der Waals surface area (Å²) in [4.78, 5) is 22.5. The van der Waals surface area contributed by atoms with Crippen LogP contribution in [-0.2, 0) is 4.79 Å². The first-order chi connectivity index (χ1) is 8.95. The molecular weight excluding hydrogens is 264 g/mol. The number of thioether (sulfide) groups is 1. The molecule has 0 aliphatic carbocycles. The summed E-state index contributed by atoms with van der Waals surface area (Å²) in [5.74, 6) is 0.272. The Labute approximate surface area is 118 Å². The molecule has 0 saturated carbocycles. The number of amides is 2. The quantitative estimate of drug-likeness (QED) is 0.671. The number of aliphatic carboxylic acids is 1. The van der Waals surface area contributed by atoms with Gasteiger partial charge in [-0.25, -0.2) is 4.79 Å². The molecule has 0 aromatic rings. The highest BCUT2D eigenvalue weighted by Gasteiger charge is 2.29. The Morgan fingerprint density at radius 2 is 2.21 bits per heavy atom. The highest BCUT2D eigenvalue weighted by atomic mass is 32.2. The summed E-state index contributed by atoms with van der Waals surface area (Å²) in [6.07, 6.45) is 3.83. The zero-order chi connectivity index (χ0) is 14.3. The maximum Gasteiger partial charge on any atom is 0.315 e. The smallest absolute Gasteiger partial charge is 0.315 e. The van der Waals surface area contributed by atoms with Crippen molar-refractivity contribution in [3.05, 3.63) is 0 Å². The van der Waals surface area contributed by atoms with E-state index in [4.69, 9.17) is 5.11 Å². The summed E-state index contributed by atoms with van der Waals surface area (Å²) in [7, 11) is 0. The molecule has 1 fully saturated rings. The number of carboxylic acids is 1.